The lowest BCUT2D eigenvalue weighted by atomic mass is 10.2. The summed E-state index contributed by atoms with van der Waals surface area (Å²) in [4.78, 5) is 4.46. The van der Waals surface area contributed by atoms with Crippen molar-refractivity contribution in [3.8, 4) is 6.07 Å². The van der Waals surface area contributed by atoms with Crippen LogP contribution in [-0.4, -0.2) is 23.3 Å². The molecule has 0 spiro atoms. The Hall–Kier alpha value is -2.64. The standard InChI is InChI=1S/C17H17FN5P/c1-22-10-20-17-15(22)7-12(8-16(17)23(2)24-3)21-14-5-4-11(9-19)6-13(14)18/h4-8,10,21,24H,1-3H3. The molecule has 0 radical (unpaired) electrons. The number of benzene rings is 2. The molecule has 3 aromatic rings. The highest BCUT2D eigenvalue weighted by molar-refractivity contribution is 7.39. The van der Waals surface area contributed by atoms with E-state index in [1.807, 2.05) is 36.9 Å². The fraction of sp³-hybridized carbons (Fsp3) is 0.176. The van der Waals surface area contributed by atoms with Gasteiger partial charge in [-0.05, 0) is 45.7 Å². The number of hydrogen-bond acceptors (Lipinski definition) is 4. The van der Waals surface area contributed by atoms with Crippen LogP contribution in [0.5, 0.6) is 0 Å². The molecule has 0 bridgehead atoms. The summed E-state index contributed by atoms with van der Waals surface area (Å²) in [6.07, 6.45) is 1.77. The minimum Gasteiger partial charge on any atom is -0.355 e. The third kappa shape index (κ3) is 2.91. The van der Waals surface area contributed by atoms with Crippen LogP contribution < -0.4 is 9.99 Å². The van der Waals surface area contributed by atoms with Gasteiger partial charge >= 0.3 is 0 Å². The molecule has 0 saturated heterocycles. The van der Waals surface area contributed by atoms with Crippen molar-refractivity contribution in [3.05, 3.63) is 48.0 Å². The second-order valence-electron chi connectivity index (χ2n) is 5.43. The third-order valence-electron chi connectivity index (χ3n) is 3.88. The number of hydrogen-bond donors (Lipinski definition) is 1. The fourth-order valence-electron chi connectivity index (χ4n) is 2.50. The van der Waals surface area contributed by atoms with Gasteiger partial charge in [0.05, 0.1) is 34.9 Å². The van der Waals surface area contributed by atoms with Gasteiger partial charge in [-0.15, -0.1) is 0 Å². The molecule has 0 saturated carbocycles. The zero-order valence-electron chi connectivity index (χ0n) is 13.6. The Kier molecular flexibility index (Phi) is 4.37. The Balaban J connectivity index is 2.07. The maximum atomic E-state index is 14.1. The molecule has 5 nitrogen and oxygen atoms in total. The number of halogens is 1. The van der Waals surface area contributed by atoms with Crippen LogP contribution >= 0.6 is 8.73 Å². The van der Waals surface area contributed by atoms with Crippen molar-refractivity contribution in [1.29, 1.82) is 5.26 Å². The molecule has 7 heteroatoms. The number of nitrogens with one attached hydrogen (secondary N) is 1. The van der Waals surface area contributed by atoms with Crippen LogP contribution in [0.4, 0.5) is 21.5 Å². The monoisotopic (exact) mass is 341 g/mol. The zero-order valence-corrected chi connectivity index (χ0v) is 14.6. The van der Waals surface area contributed by atoms with Crippen LogP contribution in [-0.2, 0) is 7.05 Å². The van der Waals surface area contributed by atoms with Crippen LogP contribution in [0.25, 0.3) is 11.0 Å². The van der Waals surface area contributed by atoms with Gasteiger partial charge in [-0.2, -0.15) is 5.26 Å². The molecule has 122 valence electrons. The maximum absolute atomic E-state index is 14.1. The predicted molar refractivity (Wildman–Crippen MR) is 97.8 cm³/mol. The molecule has 2 aromatic carbocycles. The molecule has 0 aliphatic heterocycles. The topological polar surface area (TPSA) is 56.9 Å². The summed E-state index contributed by atoms with van der Waals surface area (Å²) in [7, 11) is 4.53. The molecule has 0 fully saturated rings. The third-order valence-corrected chi connectivity index (χ3v) is 4.80. The molecule has 1 N–H and O–H groups in total. The first kappa shape index (κ1) is 16.2. The van der Waals surface area contributed by atoms with E-state index < -0.39 is 5.82 Å². The van der Waals surface area contributed by atoms with E-state index in [4.69, 9.17) is 5.26 Å². The van der Waals surface area contributed by atoms with E-state index in [1.54, 1.807) is 18.5 Å². The van der Waals surface area contributed by atoms with Crippen molar-refractivity contribution in [3.63, 3.8) is 0 Å². The number of anilines is 3. The Morgan fingerprint density at radius 1 is 1.33 bits per heavy atom. The number of rotatable bonds is 4. The summed E-state index contributed by atoms with van der Waals surface area (Å²) in [6.45, 7) is 2.09. The van der Waals surface area contributed by atoms with E-state index in [9.17, 15) is 4.39 Å². The zero-order chi connectivity index (χ0) is 17.3. The lowest BCUT2D eigenvalue weighted by Gasteiger charge is -2.19. The normalized spacial score (nSPS) is 11.1. The molecule has 1 atom stereocenters. The molecule has 1 aromatic heterocycles. The van der Waals surface area contributed by atoms with Crippen molar-refractivity contribution < 1.29 is 4.39 Å². The van der Waals surface area contributed by atoms with Gasteiger partial charge in [0, 0.05) is 19.8 Å². The van der Waals surface area contributed by atoms with Crippen molar-refractivity contribution in [2.24, 2.45) is 7.05 Å². The number of fused-ring (bicyclic) bond motifs is 1. The molecule has 0 aliphatic carbocycles. The summed E-state index contributed by atoms with van der Waals surface area (Å²) in [5, 5.41) is 11.9. The van der Waals surface area contributed by atoms with E-state index in [0.29, 0.717) is 20.0 Å². The van der Waals surface area contributed by atoms with E-state index in [2.05, 4.69) is 21.6 Å². The fourth-order valence-corrected chi connectivity index (χ4v) is 2.91. The highest BCUT2D eigenvalue weighted by Crippen LogP contribution is 2.34. The second kappa shape index (κ2) is 6.46. The first-order valence-corrected chi connectivity index (χ1v) is 8.81. The molecule has 24 heavy (non-hydrogen) atoms. The van der Waals surface area contributed by atoms with Crippen LogP contribution in [0, 0.1) is 17.1 Å². The number of nitrogens with zero attached hydrogens (tertiary/aromatic N) is 4. The Morgan fingerprint density at radius 2 is 2.12 bits per heavy atom. The Bertz CT molecular complexity index is 944. The van der Waals surface area contributed by atoms with Crippen molar-refractivity contribution in [2.45, 2.75) is 0 Å². The summed E-state index contributed by atoms with van der Waals surface area (Å²) < 4.78 is 18.2. The molecule has 0 amide bonds. The number of nitriles is 1. The van der Waals surface area contributed by atoms with Gasteiger partial charge in [0.2, 0.25) is 0 Å². The van der Waals surface area contributed by atoms with E-state index in [-0.39, 0.29) is 0 Å². The lowest BCUT2D eigenvalue weighted by Crippen LogP contribution is -2.05. The predicted octanol–water partition coefficient (Wildman–Crippen LogP) is 3.99. The van der Waals surface area contributed by atoms with Gasteiger partial charge in [0.25, 0.3) is 0 Å². The van der Waals surface area contributed by atoms with Gasteiger partial charge in [0.1, 0.15) is 11.3 Å². The second-order valence-corrected chi connectivity index (χ2v) is 6.55. The van der Waals surface area contributed by atoms with Gasteiger partial charge in [-0.25, -0.2) is 9.37 Å². The van der Waals surface area contributed by atoms with Gasteiger partial charge in [0.15, 0.2) is 0 Å². The average Bonchev–Trinajstić information content (AvgIpc) is 2.96. The molecule has 1 unspecified atom stereocenters. The maximum Gasteiger partial charge on any atom is 0.147 e. The van der Waals surface area contributed by atoms with Crippen LogP contribution in [0.2, 0.25) is 0 Å². The number of imidazole rings is 1. The minimum atomic E-state index is -0.452. The largest absolute Gasteiger partial charge is 0.355 e. The number of aryl methyl sites for hydroxylation is 1. The molecular weight excluding hydrogens is 324 g/mol. The molecule has 0 aliphatic rings. The quantitative estimate of drug-likeness (QED) is 0.729. The summed E-state index contributed by atoms with van der Waals surface area (Å²) in [6, 6.07) is 10.2. The smallest absolute Gasteiger partial charge is 0.147 e. The summed E-state index contributed by atoms with van der Waals surface area (Å²) >= 11 is 0. The Morgan fingerprint density at radius 3 is 2.79 bits per heavy atom. The van der Waals surface area contributed by atoms with Crippen molar-refractivity contribution in [1.82, 2.24) is 9.55 Å². The molecule has 1 heterocycles. The van der Waals surface area contributed by atoms with Crippen molar-refractivity contribution >= 4 is 36.8 Å². The highest BCUT2D eigenvalue weighted by Gasteiger charge is 2.13. The van der Waals surface area contributed by atoms with E-state index in [0.717, 1.165) is 22.4 Å². The lowest BCUT2D eigenvalue weighted by molar-refractivity contribution is 0.631. The van der Waals surface area contributed by atoms with Gasteiger partial charge < -0.3 is 14.6 Å². The highest BCUT2D eigenvalue weighted by atomic mass is 31.1. The summed E-state index contributed by atoms with van der Waals surface area (Å²) in [5.74, 6) is -0.452. The molecule has 3 rings (SSSR count). The minimum absolute atomic E-state index is 0.299. The van der Waals surface area contributed by atoms with E-state index >= 15 is 0 Å². The van der Waals surface area contributed by atoms with Gasteiger partial charge in [-0.1, -0.05) is 0 Å². The summed E-state index contributed by atoms with van der Waals surface area (Å²) in [5.41, 5.74) is 4.28. The van der Waals surface area contributed by atoms with Crippen LogP contribution in [0.1, 0.15) is 5.56 Å². The van der Waals surface area contributed by atoms with Crippen molar-refractivity contribution in [2.75, 3.05) is 23.7 Å². The molecular formula is C17H17FN5P. The average molecular weight is 341 g/mol. The van der Waals surface area contributed by atoms with E-state index in [1.165, 1.54) is 6.07 Å². The number of aromatic nitrogens is 2. The van der Waals surface area contributed by atoms with Gasteiger partial charge in [-0.3, -0.25) is 0 Å². The van der Waals surface area contributed by atoms with Crippen LogP contribution in [0.15, 0.2) is 36.7 Å². The SMILES string of the molecule is CPN(C)c1cc(Nc2ccc(C#N)cc2F)cc2c1ncn2C. The first-order chi connectivity index (χ1) is 11.5. The Labute approximate surface area is 141 Å². The van der Waals surface area contributed by atoms with Crippen LogP contribution in [0.3, 0.4) is 0 Å². The first-order valence-electron chi connectivity index (χ1n) is 7.36.